The Morgan fingerprint density at radius 3 is 2.54 bits per heavy atom. The van der Waals surface area contributed by atoms with Crippen molar-refractivity contribution in [3.8, 4) is 0 Å². The minimum absolute atomic E-state index is 0.140. The van der Waals surface area contributed by atoms with Crippen LogP contribution in [0.1, 0.15) is 0 Å². The number of sulfonamides is 1. The molecule has 0 spiro atoms. The van der Waals surface area contributed by atoms with Crippen molar-refractivity contribution in [3.63, 3.8) is 0 Å². The zero-order valence-electron chi connectivity index (χ0n) is 6.58. The van der Waals surface area contributed by atoms with Crippen LogP contribution in [0, 0.1) is 0 Å². The molecule has 72 valence electrons. The number of aromatic nitrogens is 1. The van der Waals surface area contributed by atoms with Crippen LogP contribution in [0.2, 0.25) is 10.2 Å². The van der Waals surface area contributed by atoms with Crippen LogP contribution >= 0.6 is 23.2 Å². The zero-order valence-corrected chi connectivity index (χ0v) is 8.91. The van der Waals surface area contributed by atoms with Gasteiger partial charge in [-0.05, 0) is 6.07 Å². The largest absolute Gasteiger partial charge is 0.282 e. The van der Waals surface area contributed by atoms with Gasteiger partial charge >= 0.3 is 0 Å². The van der Waals surface area contributed by atoms with E-state index in [4.69, 9.17) is 23.2 Å². The Balaban J connectivity index is 2.99. The van der Waals surface area contributed by atoms with Crippen molar-refractivity contribution in [1.29, 1.82) is 0 Å². The summed E-state index contributed by atoms with van der Waals surface area (Å²) < 4.78 is 23.8. The summed E-state index contributed by atoms with van der Waals surface area (Å²) in [7, 11) is -3.30. The van der Waals surface area contributed by atoms with Crippen LogP contribution in [0.15, 0.2) is 12.3 Å². The molecule has 0 unspecified atom stereocenters. The van der Waals surface area contributed by atoms with Crippen molar-refractivity contribution >= 4 is 38.9 Å². The van der Waals surface area contributed by atoms with Gasteiger partial charge in [0.15, 0.2) is 0 Å². The van der Waals surface area contributed by atoms with E-state index in [9.17, 15) is 8.42 Å². The Labute approximate surface area is 85.9 Å². The maximum absolute atomic E-state index is 10.8. The SMILES string of the molecule is CS(=O)(=O)Nc1cnc(Cl)c(Cl)c1. The molecule has 4 nitrogen and oxygen atoms in total. The quantitative estimate of drug-likeness (QED) is 0.802. The first-order chi connectivity index (χ1) is 5.88. The van der Waals surface area contributed by atoms with Crippen LogP contribution in [0.5, 0.6) is 0 Å². The Hall–Kier alpha value is -0.520. The summed E-state index contributed by atoms with van der Waals surface area (Å²) in [5, 5.41) is 0.344. The van der Waals surface area contributed by atoms with Gasteiger partial charge in [0, 0.05) is 0 Å². The van der Waals surface area contributed by atoms with E-state index in [0.717, 1.165) is 6.26 Å². The molecular weight excluding hydrogens is 235 g/mol. The smallest absolute Gasteiger partial charge is 0.229 e. The first-order valence-electron chi connectivity index (χ1n) is 3.17. The molecule has 0 atom stereocenters. The molecule has 1 heterocycles. The summed E-state index contributed by atoms with van der Waals surface area (Å²) >= 11 is 11.1. The van der Waals surface area contributed by atoms with Crippen LogP contribution in [-0.2, 0) is 10.0 Å². The highest BCUT2D eigenvalue weighted by atomic mass is 35.5. The molecular formula is C6H6Cl2N2O2S. The third-order valence-electron chi connectivity index (χ3n) is 1.10. The lowest BCUT2D eigenvalue weighted by molar-refractivity contribution is 0.607. The van der Waals surface area contributed by atoms with E-state index in [-0.39, 0.29) is 15.9 Å². The summed E-state index contributed by atoms with van der Waals surface area (Å²) in [6, 6.07) is 1.39. The molecule has 13 heavy (non-hydrogen) atoms. The molecule has 1 aromatic rings. The van der Waals surface area contributed by atoms with E-state index in [1.54, 1.807) is 0 Å². The van der Waals surface area contributed by atoms with Gasteiger partial charge in [-0.2, -0.15) is 0 Å². The molecule has 0 aromatic carbocycles. The van der Waals surface area contributed by atoms with E-state index in [2.05, 4.69) is 9.71 Å². The van der Waals surface area contributed by atoms with Crippen molar-refractivity contribution < 1.29 is 8.42 Å². The Morgan fingerprint density at radius 2 is 2.08 bits per heavy atom. The fourth-order valence-electron chi connectivity index (χ4n) is 0.691. The minimum Gasteiger partial charge on any atom is -0.282 e. The Kier molecular flexibility index (Phi) is 3.00. The van der Waals surface area contributed by atoms with Crippen molar-refractivity contribution in [2.45, 2.75) is 0 Å². The van der Waals surface area contributed by atoms with Crippen LogP contribution in [0.3, 0.4) is 0 Å². The third-order valence-corrected chi connectivity index (χ3v) is 2.39. The predicted molar refractivity (Wildman–Crippen MR) is 52.7 cm³/mol. The van der Waals surface area contributed by atoms with Gasteiger partial charge in [0.05, 0.1) is 23.2 Å². The molecule has 0 aliphatic rings. The fourth-order valence-corrected chi connectivity index (χ4v) is 1.50. The number of hydrogen-bond acceptors (Lipinski definition) is 3. The minimum atomic E-state index is -3.30. The van der Waals surface area contributed by atoms with Gasteiger partial charge in [-0.1, -0.05) is 23.2 Å². The van der Waals surface area contributed by atoms with Gasteiger partial charge in [0.25, 0.3) is 0 Å². The predicted octanol–water partition coefficient (Wildman–Crippen LogP) is 1.76. The molecule has 1 N–H and O–H groups in total. The number of nitrogens with zero attached hydrogens (tertiary/aromatic N) is 1. The maximum Gasteiger partial charge on any atom is 0.229 e. The highest BCUT2D eigenvalue weighted by Crippen LogP contribution is 2.22. The van der Waals surface area contributed by atoms with Crippen LogP contribution < -0.4 is 4.72 Å². The highest BCUT2D eigenvalue weighted by molar-refractivity contribution is 7.92. The Morgan fingerprint density at radius 1 is 1.46 bits per heavy atom. The van der Waals surface area contributed by atoms with Gasteiger partial charge in [-0.25, -0.2) is 13.4 Å². The molecule has 7 heteroatoms. The third kappa shape index (κ3) is 3.38. The normalized spacial score (nSPS) is 11.3. The van der Waals surface area contributed by atoms with Crippen molar-refractivity contribution in [2.24, 2.45) is 0 Å². The molecule has 0 aliphatic carbocycles. The first kappa shape index (κ1) is 10.6. The average Bonchev–Trinajstić information content (AvgIpc) is 1.94. The Bertz CT molecular complexity index is 419. The second-order valence-electron chi connectivity index (χ2n) is 2.37. The zero-order chi connectivity index (χ0) is 10.1. The molecule has 0 bridgehead atoms. The number of hydrogen-bond donors (Lipinski definition) is 1. The fraction of sp³-hybridized carbons (Fsp3) is 0.167. The maximum atomic E-state index is 10.8. The van der Waals surface area contributed by atoms with Crippen LogP contribution in [-0.4, -0.2) is 19.7 Å². The molecule has 0 saturated carbocycles. The second-order valence-corrected chi connectivity index (χ2v) is 4.88. The van der Waals surface area contributed by atoms with Gasteiger partial charge in [-0.15, -0.1) is 0 Å². The van der Waals surface area contributed by atoms with Gasteiger partial charge in [0.2, 0.25) is 10.0 Å². The van der Waals surface area contributed by atoms with Gasteiger partial charge < -0.3 is 0 Å². The second kappa shape index (κ2) is 3.69. The van der Waals surface area contributed by atoms with E-state index in [1.165, 1.54) is 12.3 Å². The number of rotatable bonds is 2. The molecule has 0 saturated heterocycles. The lowest BCUT2D eigenvalue weighted by Gasteiger charge is -2.03. The number of anilines is 1. The van der Waals surface area contributed by atoms with E-state index >= 15 is 0 Å². The van der Waals surface area contributed by atoms with Crippen molar-refractivity contribution in [1.82, 2.24) is 4.98 Å². The van der Waals surface area contributed by atoms with Crippen LogP contribution in [0.4, 0.5) is 5.69 Å². The van der Waals surface area contributed by atoms with E-state index in [0.29, 0.717) is 0 Å². The van der Waals surface area contributed by atoms with Gasteiger partial charge in [-0.3, -0.25) is 4.72 Å². The van der Waals surface area contributed by atoms with E-state index < -0.39 is 10.0 Å². The molecule has 1 aromatic heterocycles. The number of pyridine rings is 1. The summed E-state index contributed by atoms with van der Waals surface area (Å²) in [5.74, 6) is 0. The molecule has 0 amide bonds. The molecule has 0 fully saturated rings. The molecule has 0 aliphatic heterocycles. The van der Waals surface area contributed by atoms with Crippen LogP contribution in [0.25, 0.3) is 0 Å². The van der Waals surface area contributed by atoms with E-state index in [1.807, 2.05) is 0 Å². The lowest BCUT2D eigenvalue weighted by Crippen LogP contribution is -2.09. The van der Waals surface area contributed by atoms with Crippen molar-refractivity contribution in [2.75, 3.05) is 11.0 Å². The van der Waals surface area contributed by atoms with Gasteiger partial charge in [0.1, 0.15) is 5.15 Å². The molecule has 1 rings (SSSR count). The topological polar surface area (TPSA) is 59.1 Å². The summed E-state index contributed by atoms with van der Waals surface area (Å²) in [4.78, 5) is 3.67. The molecule has 0 radical (unpaired) electrons. The monoisotopic (exact) mass is 240 g/mol. The lowest BCUT2D eigenvalue weighted by atomic mass is 10.4. The highest BCUT2D eigenvalue weighted by Gasteiger charge is 2.04. The summed E-state index contributed by atoms with van der Waals surface area (Å²) in [6.07, 6.45) is 2.32. The summed E-state index contributed by atoms with van der Waals surface area (Å²) in [6.45, 7) is 0. The number of halogens is 2. The summed E-state index contributed by atoms with van der Waals surface area (Å²) in [5.41, 5.74) is 0.289. The number of nitrogens with one attached hydrogen (secondary N) is 1. The first-order valence-corrected chi connectivity index (χ1v) is 5.82. The average molecular weight is 241 g/mol. The standard InChI is InChI=1S/C6H6Cl2N2O2S/c1-13(11,12)10-4-2-5(7)6(8)9-3-4/h2-3,10H,1H3. The van der Waals surface area contributed by atoms with Crippen molar-refractivity contribution in [3.05, 3.63) is 22.4 Å².